The van der Waals surface area contributed by atoms with Crippen molar-refractivity contribution in [1.29, 1.82) is 0 Å². The van der Waals surface area contributed by atoms with Crippen molar-refractivity contribution in [2.24, 2.45) is 11.8 Å². The van der Waals surface area contributed by atoms with E-state index in [0.29, 0.717) is 6.42 Å². The van der Waals surface area contributed by atoms with E-state index in [1.807, 2.05) is 6.92 Å². The highest BCUT2D eigenvalue weighted by Gasteiger charge is 2.28. The number of rotatable bonds is 11. The molecular formula is C16H32NO7P. The number of carbonyl (C=O) groups is 2. The van der Waals surface area contributed by atoms with E-state index in [1.165, 1.54) is 0 Å². The predicted octanol–water partition coefficient (Wildman–Crippen LogP) is 2.67. The highest BCUT2D eigenvalue weighted by atomic mass is 31.2. The summed E-state index contributed by atoms with van der Waals surface area (Å²) < 4.78 is 22.1. The van der Waals surface area contributed by atoms with Gasteiger partial charge in [0.15, 0.2) is 0 Å². The molecule has 0 aliphatic heterocycles. The van der Waals surface area contributed by atoms with Gasteiger partial charge >= 0.3 is 12.1 Å². The summed E-state index contributed by atoms with van der Waals surface area (Å²) in [6, 6.07) is 0. The van der Waals surface area contributed by atoms with Crippen molar-refractivity contribution in [2.45, 2.75) is 66.0 Å². The average Bonchev–Trinajstić information content (AvgIpc) is 2.51. The Hall–Kier alpha value is -1.11. The molecule has 0 rings (SSSR count). The van der Waals surface area contributed by atoms with E-state index in [2.05, 4.69) is 5.32 Å². The molecule has 0 aliphatic rings. The summed E-state index contributed by atoms with van der Waals surface area (Å²) in [6.07, 6.45) is -0.539. The predicted molar refractivity (Wildman–Crippen MR) is 94.3 cm³/mol. The van der Waals surface area contributed by atoms with Crippen molar-refractivity contribution in [3.63, 3.8) is 0 Å². The van der Waals surface area contributed by atoms with Gasteiger partial charge in [0.2, 0.25) is 7.37 Å². The number of esters is 1. The molecule has 1 unspecified atom stereocenters. The van der Waals surface area contributed by atoms with Crippen molar-refractivity contribution in [3.05, 3.63) is 0 Å². The molecule has 0 radical (unpaired) electrons. The summed E-state index contributed by atoms with van der Waals surface area (Å²) in [7, 11) is -3.64. The van der Waals surface area contributed by atoms with Gasteiger partial charge in [-0.1, -0.05) is 41.0 Å². The van der Waals surface area contributed by atoms with Crippen LogP contribution in [0.1, 0.15) is 53.9 Å². The first-order valence-corrected chi connectivity index (χ1v) is 10.6. The Morgan fingerprint density at radius 1 is 1.16 bits per heavy atom. The van der Waals surface area contributed by atoms with E-state index >= 15 is 0 Å². The molecule has 0 saturated heterocycles. The molecule has 3 N–H and O–H groups in total. The topological polar surface area (TPSA) is 122 Å². The minimum absolute atomic E-state index is 0.0282. The van der Waals surface area contributed by atoms with Gasteiger partial charge in [0, 0.05) is 25.0 Å². The number of aliphatic hydroxyl groups is 1. The van der Waals surface area contributed by atoms with E-state index in [9.17, 15) is 24.2 Å². The molecule has 3 atom stereocenters. The van der Waals surface area contributed by atoms with Gasteiger partial charge in [0.1, 0.15) is 5.85 Å². The number of hydrogen-bond donors (Lipinski definition) is 3. The van der Waals surface area contributed by atoms with Gasteiger partial charge in [-0.25, -0.2) is 4.79 Å². The van der Waals surface area contributed by atoms with Crippen LogP contribution in [0.5, 0.6) is 0 Å². The van der Waals surface area contributed by atoms with Crippen molar-refractivity contribution < 1.29 is 33.6 Å². The van der Waals surface area contributed by atoms with Crippen LogP contribution >= 0.6 is 7.37 Å². The second-order valence-corrected chi connectivity index (χ2v) is 9.19. The molecule has 0 aliphatic carbocycles. The summed E-state index contributed by atoms with van der Waals surface area (Å²) in [4.78, 5) is 33.1. The summed E-state index contributed by atoms with van der Waals surface area (Å²) in [6.45, 7) is 8.69. The lowest BCUT2D eigenvalue weighted by Gasteiger charge is -2.23. The SMILES string of the molecule is CCCCP(=O)(O)[C@H](O)CCNC(=O)O[C@@H](OC(=O)C(C)C)C(C)C. The molecule has 0 bridgehead atoms. The van der Waals surface area contributed by atoms with Crippen LogP contribution in [0.3, 0.4) is 0 Å². The Balaban J connectivity index is 4.36. The molecule has 0 spiro atoms. The number of hydrogen-bond acceptors (Lipinski definition) is 6. The summed E-state index contributed by atoms with van der Waals surface area (Å²) in [5, 5.41) is 12.2. The van der Waals surface area contributed by atoms with Crippen molar-refractivity contribution >= 4 is 19.4 Å². The smallest absolute Gasteiger partial charge is 0.410 e. The van der Waals surface area contributed by atoms with Crippen molar-refractivity contribution in [3.8, 4) is 0 Å². The van der Waals surface area contributed by atoms with Gasteiger partial charge in [-0.05, 0) is 6.42 Å². The van der Waals surface area contributed by atoms with Crippen LogP contribution in [0, 0.1) is 11.8 Å². The first-order valence-electron chi connectivity index (χ1n) is 8.65. The number of amides is 1. The third kappa shape index (κ3) is 9.82. The van der Waals surface area contributed by atoms with Gasteiger partial charge in [-0.2, -0.15) is 0 Å². The number of ether oxygens (including phenoxy) is 2. The van der Waals surface area contributed by atoms with Crippen LogP contribution in [0.4, 0.5) is 4.79 Å². The Kier molecular flexibility index (Phi) is 11.0. The molecule has 148 valence electrons. The monoisotopic (exact) mass is 381 g/mol. The van der Waals surface area contributed by atoms with Crippen molar-refractivity contribution in [2.75, 3.05) is 12.7 Å². The fourth-order valence-corrected chi connectivity index (χ4v) is 3.33. The first-order chi connectivity index (χ1) is 11.5. The van der Waals surface area contributed by atoms with E-state index in [1.54, 1.807) is 27.7 Å². The average molecular weight is 381 g/mol. The van der Waals surface area contributed by atoms with Crippen LogP contribution in [-0.2, 0) is 18.8 Å². The van der Waals surface area contributed by atoms with Crippen molar-refractivity contribution in [1.82, 2.24) is 5.32 Å². The van der Waals surface area contributed by atoms with Crippen LogP contribution in [0.25, 0.3) is 0 Å². The van der Waals surface area contributed by atoms with Crippen LogP contribution < -0.4 is 5.32 Å². The fraction of sp³-hybridized carbons (Fsp3) is 0.875. The summed E-state index contributed by atoms with van der Waals surface area (Å²) >= 11 is 0. The zero-order valence-corrected chi connectivity index (χ0v) is 16.6. The lowest BCUT2D eigenvalue weighted by atomic mass is 10.2. The van der Waals surface area contributed by atoms with Crippen LogP contribution in [0.15, 0.2) is 0 Å². The zero-order chi connectivity index (χ0) is 19.6. The van der Waals surface area contributed by atoms with Crippen LogP contribution in [-0.4, -0.2) is 46.9 Å². The standard InChI is InChI=1S/C16H32NO7P/c1-6-7-10-25(21,22)13(18)8-9-17-16(20)24-15(12(4)5)23-14(19)11(2)3/h11-13,15,18H,6-10H2,1-5H3,(H,17,20)(H,21,22)/t13-,15+/m0/s1. The second kappa shape index (κ2) is 11.5. The molecular weight excluding hydrogens is 349 g/mol. The zero-order valence-electron chi connectivity index (χ0n) is 15.7. The molecule has 8 nitrogen and oxygen atoms in total. The summed E-state index contributed by atoms with van der Waals surface area (Å²) in [5.41, 5.74) is 0. The third-order valence-corrected chi connectivity index (χ3v) is 5.59. The first kappa shape index (κ1) is 23.9. The van der Waals surface area contributed by atoms with Gasteiger partial charge in [-0.15, -0.1) is 0 Å². The molecule has 1 amide bonds. The minimum Gasteiger partial charge on any atom is -0.425 e. The number of unbranched alkanes of at least 4 members (excludes halogenated alkanes) is 1. The number of carbonyl (C=O) groups excluding carboxylic acids is 2. The Labute approximate surface area is 149 Å². The molecule has 0 saturated carbocycles. The van der Waals surface area contributed by atoms with E-state index < -0.39 is 31.6 Å². The Morgan fingerprint density at radius 2 is 1.76 bits per heavy atom. The molecule has 25 heavy (non-hydrogen) atoms. The van der Waals surface area contributed by atoms with Gasteiger partial charge < -0.3 is 24.8 Å². The second-order valence-electron chi connectivity index (χ2n) is 6.64. The molecule has 0 heterocycles. The minimum atomic E-state index is -3.64. The van der Waals surface area contributed by atoms with Gasteiger partial charge in [-0.3, -0.25) is 9.36 Å². The quantitative estimate of drug-likeness (QED) is 0.286. The maximum absolute atomic E-state index is 11.9. The number of aliphatic hydroxyl groups excluding tert-OH is 1. The Bertz CT molecular complexity index is 467. The lowest BCUT2D eigenvalue weighted by Crippen LogP contribution is -2.36. The maximum Gasteiger partial charge on any atom is 0.410 e. The highest BCUT2D eigenvalue weighted by molar-refractivity contribution is 7.58. The Morgan fingerprint density at radius 3 is 2.24 bits per heavy atom. The van der Waals surface area contributed by atoms with E-state index in [0.717, 1.165) is 6.42 Å². The third-order valence-electron chi connectivity index (χ3n) is 3.44. The number of alkyl carbamates (subject to hydrolysis) is 1. The number of nitrogens with one attached hydrogen (secondary N) is 1. The van der Waals surface area contributed by atoms with Crippen LogP contribution in [0.2, 0.25) is 0 Å². The largest absolute Gasteiger partial charge is 0.425 e. The lowest BCUT2D eigenvalue weighted by molar-refractivity contribution is -0.178. The normalized spacial score (nSPS) is 16.2. The molecule has 0 aromatic carbocycles. The van der Waals surface area contributed by atoms with E-state index in [-0.39, 0.29) is 31.0 Å². The van der Waals surface area contributed by atoms with Gasteiger partial charge in [0.05, 0.1) is 5.92 Å². The van der Waals surface area contributed by atoms with Gasteiger partial charge in [0.25, 0.3) is 6.29 Å². The van der Waals surface area contributed by atoms with E-state index in [4.69, 9.17) is 9.47 Å². The fourth-order valence-electron chi connectivity index (χ4n) is 1.73. The highest BCUT2D eigenvalue weighted by Crippen LogP contribution is 2.46. The molecule has 0 aromatic heterocycles. The molecule has 0 fully saturated rings. The molecule has 9 heteroatoms. The molecule has 0 aromatic rings. The maximum atomic E-state index is 11.9. The summed E-state index contributed by atoms with van der Waals surface area (Å²) in [5.74, 6) is -2.44.